The van der Waals surface area contributed by atoms with Crippen LogP contribution in [0, 0.1) is 6.92 Å². The van der Waals surface area contributed by atoms with Gasteiger partial charge in [-0.15, -0.1) is 10.2 Å². The Kier molecular flexibility index (Phi) is 12.5. The van der Waals surface area contributed by atoms with E-state index < -0.39 is 0 Å². The zero-order valence-corrected chi connectivity index (χ0v) is 22.7. The van der Waals surface area contributed by atoms with Gasteiger partial charge in [0.25, 0.3) is 0 Å². The van der Waals surface area contributed by atoms with Crippen LogP contribution in [0.5, 0.6) is 5.75 Å². The second-order valence-corrected chi connectivity index (χ2v) is 10.3. The van der Waals surface area contributed by atoms with Crippen molar-refractivity contribution in [3.05, 3.63) is 46.4 Å². The molecule has 0 amide bonds. The van der Waals surface area contributed by atoms with Crippen molar-refractivity contribution < 1.29 is 4.74 Å². The van der Waals surface area contributed by atoms with Crippen molar-refractivity contribution in [2.75, 3.05) is 6.61 Å². The summed E-state index contributed by atoms with van der Waals surface area (Å²) >= 11 is 6.23. The summed E-state index contributed by atoms with van der Waals surface area (Å²) in [6.07, 6.45) is 20.9. The average Bonchev–Trinajstić information content (AvgIpc) is 3.39. The Morgan fingerprint density at radius 3 is 2.17 bits per heavy atom. The number of hydrogen-bond acceptors (Lipinski definition) is 3. The monoisotopic (exact) mass is 500 g/mol. The highest BCUT2D eigenvalue weighted by Gasteiger charge is 2.13. The first-order valence-electron chi connectivity index (χ1n) is 14.0. The smallest absolute Gasteiger partial charge is 0.196 e. The average molecular weight is 501 g/mol. The Labute approximate surface area is 217 Å². The maximum atomic E-state index is 6.23. The number of benzene rings is 1. The zero-order chi connectivity index (χ0) is 24.7. The van der Waals surface area contributed by atoms with Gasteiger partial charge >= 0.3 is 0 Å². The summed E-state index contributed by atoms with van der Waals surface area (Å²) in [5.74, 6) is 1.84. The Morgan fingerprint density at radius 2 is 1.49 bits per heavy atom. The fourth-order valence-electron chi connectivity index (χ4n) is 4.68. The number of unbranched alkanes of at least 4 members (excludes halogenated alkanes) is 12. The molecule has 0 aliphatic heterocycles. The predicted molar refractivity (Wildman–Crippen MR) is 147 cm³/mol. The minimum absolute atomic E-state index is 0.639. The van der Waals surface area contributed by atoms with Crippen LogP contribution < -0.4 is 4.74 Å². The number of nitrogens with zero attached hydrogens (tertiary/aromatic N) is 3. The van der Waals surface area contributed by atoms with Crippen LogP contribution in [-0.4, -0.2) is 26.4 Å². The van der Waals surface area contributed by atoms with Crippen LogP contribution in [-0.2, 0) is 12.8 Å². The van der Waals surface area contributed by atoms with Crippen LogP contribution in [0.1, 0.15) is 114 Å². The normalized spacial score (nSPS) is 11.5. The predicted octanol–water partition coefficient (Wildman–Crippen LogP) is 8.66. The van der Waals surface area contributed by atoms with Gasteiger partial charge in [0, 0.05) is 6.42 Å². The van der Waals surface area contributed by atoms with E-state index in [0.717, 1.165) is 36.5 Å². The number of aryl methyl sites for hydroxylation is 3. The number of halogens is 1. The molecule has 0 aliphatic rings. The Bertz CT molecular complexity index is 980. The molecular weight excluding hydrogens is 456 g/mol. The van der Waals surface area contributed by atoms with E-state index >= 15 is 0 Å². The Morgan fingerprint density at radius 1 is 0.829 bits per heavy atom. The third kappa shape index (κ3) is 9.51. The van der Waals surface area contributed by atoms with Crippen LogP contribution in [0.25, 0.3) is 5.65 Å². The summed E-state index contributed by atoms with van der Waals surface area (Å²) < 4.78 is 7.88. The van der Waals surface area contributed by atoms with Crippen molar-refractivity contribution in [3.8, 4) is 5.75 Å². The van der Waals surface area contributed by atoms with E-state index in [-0.39, 0.29) is 0 Å². The molecule has 0 bridgehead atoms. The van der Waals surface area contributed by atoms with Crippen molar-refractivity contribution in [3.63, 3.8) is 0 Å². The lowest BCUT2D eigenvalue weighted by Gasteiger charge is -2.08. The number of aromatic nitrogens is 4. The molecule has 194 valence electrons. The second-order valence-electron chi connectivity index (χ2n) is 9.92. The molecular formula is C29H45ClN4O. The fraction of sp³-hybridized carbons (Fsp3) is 0.655. The SMILES string of the molecule is CCCCCCCCCCCCCCCc1cccc(OCCCc2nnc3c(Cl)c(C)[nH]n23)c1. The van der Waals surface area contributed by atoms with Gasteiger partial charge < -0.3 is 4.74 Å². The molecule has 3 aromatic rings. The molecule has 1 N–H and O–H groups in total. The van der Waals surface area contributed by atoms with Crippen molar-refractivity contribution >= 4 is 17.2 Å². The molecule has 35 heavy (non-hydrogen) atoms. The lowest BCUT2D eigenvalue weighted by atomic mass is 10.0. The molecule has 5 nitrogen and oxygen atoms in total. The molecule has 2 heterocycles. The molecule has 0 saturated heterocycles. The van der Waals surface area contributed by atoms with Gasteiger partial charge in [0.15, 0.2) is 11.5 Å². The molecule has 3 rings (SSSR count). The minimum Gasteiger partial charge on any atom is -0.494 e. The van der Waals surface area contributed by atoms with E-state index in [1.165, 1.54) is 89.0 Å². The molecule has 2 aromatic heterocycles. The summed E-state index contributed by atoms with van der Waals surface area (Å²) in [7, 11) is 0. The minimum atomic E-state index is 0.639. The Hall–Kier alpha value is -2.01. The van der Waals surface area contributed by atoms with E-state index in [2.05, 4.69) is 46.5 Å². The van der Waals surface area contributed by atoms with Crippen LogP contribution in [0.2, 0.25) is 5.02 Å². The van der Waals surface area contributed by atoms with Gasteiger partial charge in [-0.2, -0.15) is 0 Å². The van der Waals surface area contributed by atoms with Crippen LogP contribution in [0.15, 0.2) is 24.3 Å². The molecule has 0 radical (unpaired) electrons. The van der Waals surface area contributed by atoms with Gasteiger partial charge in [-0.1, -0.05) is 108 Å². The topological polar surface area (TPSA) is 55.2 Å². The standard InChI is InChI=1S/C29H45ClN4O/c1-3-4-5-6-7-8-9-10-11-12-13-14-15-18-25-19-16-20-26(23-25)35-22-17-21-27-31-32-29-28(30)24(2)33-34(27)29/h16,19-20,23,33H,3-15,17-18,21-22H2,1-2H3. The lowest BCUT2D eigenvalue weighted by Crippen LogP contribution is -2.03. The summed E-state index contributed by atoms with van der Waals surface area (Å²) in [5.41, 5.74) is 2.98. The van der Waals surface area contributed by atoms with Crippen molar-refractivity contribution in [2.45, 2.75) is 117 Å². The van der Waals surface area contributed by atoms with Gasteiger partial charge in [0.05, 0.1) is 12.3 Å². The largest absolute Gasteiger partial charge is 0.494 e. The molecule has 0 fully saturated rings. The van der Waals surface area contributed by atoms with Crippen molar-refractivity contribution in [1.82, 2.24) is 19.8 Å². The van der Waals surface area contributed by atoms with Crippen LogP contribution >= 0.6 is 11.6 Å². The van der Waals surface area contributed by atoms with Gasteiger partial charge in [0.1, 0.15) is 10.8 Å². The highest BCUT2D eigenvalue weighted by Crippen LogP contribution is 2.21. The molecule has 0 unspecified atom stereocenters. The zero-order valence-electron chi connectivity index (χ0n) is 22.0. The summed E-state index contributed by atoms with van der Waals surface area (Å²) in [5, 5.41) is 12.3. The van der Waals surface area contributed by atoms with Crippen LogP contribution in [0.4, 0.5) is 0 Å². The third-order valence-corrected chi connectivity index (χ3v) is 7.27. The first-order chi connectivity index (χ1) is 17.2. The summed E-state index contributed by atoms with van der Waals surface area (Å²) in [6, 6.07) is 8.58. The number of aromatic amines is 1. The molecule has 6 heteroatoms. The maximum absolute atomic E-state index is 6.23. The number of rotatable bonds is 19. The first-order valence-corrected chi connectivity index (χ1v) is 14.4. The maximum Gasteiger partial charge on any atom is 0.196 e. The molecule has 0 aliphatic carbocycles. The number of H-pyrrole nitrogens is 1. The number of hydrogen-bond donors (Lipinski definition) is 1. The number of nitrogens with one attached hydrogen (secondary N) is 1. The first kappa shape index (κ1) is 27.6. The third-order valence-electron chi connectivity index (χ3n) is 6.82. The lowest BCUT2D eigenvalue weighted by molar-refractivity contribution is 0.309. The van der Waals surface area contributed by atoms with E-state index in [0.29, 0.717) is 17.3 Å². The van der Waals surface area contributed by atoms with Gasteiger partial charge in [-0.25, -0.2) is 4.52 Å². The molecule has 0 saturated carbocycles. The van der Waals surface area contributed by atoms with Gasteiger partial charge in [0.2, 0.25) is 0 Å². The fourth-order valence-corrected chi connectivity index (χ4v) is 4.85. The van der Waals surface area contributed by atoms with Gasteiger partial charge in [-0.05, 0) is 43.9 Å². The highest BCUT2D eigenvalue weighted by atomic mass is 35.5. The van der Waals surface area contributed by atoms with E-state index in [1.54, 1.807) is 0 Å². The summed E-state index contributed by atoms with van der Waals surface area (Å²) in [4.78, 5) is 0. The number of ether oxygens (including phenoxy) is 1. The number of fused-ring (bicyclic) bond motifs is 1. The van der Waals surface area contributed by atoms with E-state index in [4.69, 9.17) is 16.3 Å². The molecule has 0 spiro atoms. The molecule has 0 atom stereocenters. The summed E-state index contributed by atoms with van der Waals surface area (Å²) in [6.45, 7) is 4.88. The van der Waals surface area contributed by atoms with Crippen LogP contribution in [0.3, 0.4) is 0 Å². The van der Waals surface area contributed by atoms with Crippen molar-refractivity contribution in [2.24, 2.45) is 0 Å². The van der Waals surface area contributed by atoms with E-state index in [1.807, 2.05) is 11.4 Å². The van der Waals surface area contributed by atoms with E-state index in [9.17, 15) is 0 Å². The molecule has 1 aromatic carbocycles. The van der Waals surface area contributed by atoms with Crippen molar-refractivity contribution in [1.29, 1.82) is 0 Å². The Balaban J connectivity index is 1.22. The van der Waals surface area contributed by atoms with Gasteiger partial charge in [-0.3, -0.25) is 5.10 Å². The highest BCUT2D eigenvalue weighted by molar-refractivity contribution is 6.34. The quantitative estimate of drug-likeness (QED) is 0.167. The second kappa shape index (κ2) is 15.9.